The summed E-state index contributed by atoms with van der Waals surface area (Å²) >= 11 is 0. The molecule has 1 heterocycles. The van der Waals surface area contributed by atoms with Crippen LogP contribution in [0, 0.1) is 6.33 Å². The highest BCUT2D eigenvalue weighted by Gasteiger charge is 2.14. The Bertz CT molecular complexity index is 301. The van der Waals surface area contributed by atoms with Crippen molar-refractivity contribution in [3.8, 4) is 0 Å². The molecule has 0 bridgehead atoms. The molecule has 0 amide bonds. The van der Waals surface area contributed by atoms with E-state index >= 15 is 0 Å². The lowest BCUT2D eigenvalue weighted by molar-refractivity contribution is 0.549. The fourth-order valence-corrected chi connectivity index (χ4v) is 2.35. The zero-order valence-corrected chi connectivity index (χ0v) is 9.76. The summed E-state index contributed by atoms with van der Waals surface area (Å²) in [4.78, 5) is 4.39. The van der Waals surface area contributed by atoms with Gasteiger partial charge in [0.15, 0.2) is 6.33 Å². The van der Waals surface area contributed by atoms with Gasteiger partial charge in [0, 0.05) is 12.2 Å². The molecule has 1 aromatic rings. The molecule has 1 aliphatic rings. The molecule has 0 unspecified atom stereocenters. The zero-order chi connectivity index (χ0) is 10.5. The van der Waals surface area contributed by atoms with E-state index < -0.39 is 0 Å². The van der Waals surface area contributed by atoms with Crippen LogP contribution in [0.3, 0.4) is 0 Å². The van der Waals surface area contributed by atoms with E-state index in [4.69, 9.17) is 0 Å². The summed E-state index contributed by atoms with van der Waals surface area (Å²) in [6, 6.07) is 0. The van der Waals surface area contributed by atoms with Crippen molar-refractivity contribution < 1.29 is 0 Å². The lowest BCUT2D eigenvalue weighted by Gasteiger charge is -2.13. The minimum absolute atomic E-state index is 1.13. The predicted molar refractivity (Wildman–Crippen MR) is 61.8 cm³/mol. The standard InChI is InChI=1S/C13H21N2/c1-2-3-4-7-10-15-11-14-12-8-5-6-9-13(12)15/h2-10H2,1H3. The van der Waals surface area contributed by atoms with E-state index in [1.54, 1.807) is 0 Å². The smallest absolute Gasteiger partial charge is 0.176 e. The summed E-state index contributed by atoms with van der Waals surface area (Å²) in [6.07, 6.45) is 13.5. The van der Waals surface area contributed by atoms with E-state index in [-0.39, 0.29) is 0 Å². The molecule has 1 aromatic heterocycles. The van der Waals surface area contributed by atoms with Gasteiger partial charge in [0.2, 0.25) is 0 Å². The molecular formula is C13H21N2. The van der Waals surface area contributed by atoms with Crippen LogP contribution in [0.4, 0.5) is 0 Å². The third-order valence-electron chi connectivity index (χ3n) is 3.28. The predicted octanol–water partition coefficient (Wildman–Crippen LogP) is 3.14. The van der Waals surface area contributed by atoms with Gasteiger partial charge in [-0.3, -0.25) is 0 Å². The van der Waals surface area contributed by atoms with E-state index in [1.165, 1.54) is 62.8 Å². The Balaban J connectivity index is 1.88. The van der Waals surface area contributed by atoms with Crippen LogP contribution in [0.25, 0.3) is 0 Å². The molecule has 2 heteroatoms. The van der Waals surface area contributed by atoms with E-state index in [2.05, 4.69) is 22.8 Å². The summed E-state index contributed by atoms with van der Waals surface area (Å²) in [7, 11) is 0. The molecule has 0 saturated heterocycles. The third-order valence-corrected chi connectivity index (χ3v) is 3.28. The number of fused-ring (bicyclic) bond motifs is 1. The van der Waals surface area contributed by atoms with E-state index in [1.807, 2.05) is 0 Å². The number of hydrogen-bond donors (Lipinski definition) is 0. The Morgan fingerprint density at radius 1 is 1.20 bits per heavy atom. The summed E-state index contributed by atoms with van der Waals surface area (Å²) < 4.78 is 2.27. The fraction of sp³-hybridized carbons (Fsp3) is 0.769. The first-order valence-corrected chi connectivity index (χ1v) is 6.37. The fourth-order valence-electron chi connectivity index (χ4n) is 2.35. The van der Waals surface area contributed by atoms with Crippen molar-refractivity contribution in [2.24, 2.45) is 0 Å². The van der Waals surface area contributed by atoms with Crippen molar-refractivity contribution in [2.45, 2.75) is 64.8 Å². The number of aromatic nitrogens is 2. The van der Waals surface area contributed by atoms with Crippen LogP contribution in [0.15, 0.2) is 0 Å². The van der Waals surface area contributed by atoms with Crippen LogP contribution >= 0.6 is 0 Å². The first kappa shape index (κ1) is 10.7. The molecule has 0 atom stereocenters. The first-order chi connectivity index (χ1) is 7.42. The number of imidazole rings is 1. The van der Waals surface area contributed by atoms with Crippen LogP contribution in [0.1, 0.15) is 56.8 Å². The maximum absolute atomic E-state index is 4.39. The maximum Gasteiger partial charge on any atom is 0.176 e. The minimum atomic E-state index is 1.13. The molecule has 1 radical (unpaired) electrons. The highest BCUT2D eigenvalue weighted by molar-refractivity contribution is 5.15. The molecule has 0 fully saturated rings. The molecular weight excluding hydrogens is 184 g/mol. The van der Waals surface area contributed by atoms with Crippen LogP contribution in [-0.4, -0.2) is 9.55 Å². The van der Waals surface area contributed by atoms with Gasteiger partial charge in [-0.2, -0.15) is 0 Å². The lowest BCUT2D eigenvalue weighted by atomic mass is 10.0. The lowest BCUT2D eigenvalue weighted by Crippen LogP contribution is -2.08. The van der Waals surface area contributed by atoms with Crippen molar-refractivity contribution in [3.05, 3.63) is 17.7 Å². The molecule has 0 spiro atoms. The monoisotopic (exact) mass is 205 g/mol. The zero-order valence-electron chi connectivity index (χ0n) is 9.76. The van der Waals surface area contributed by atoms with Crippen molar-refractivity contribution in [2.75, 3.05) is 0 Å². The number of rotatable bonds is 5. The van der Waals surface area contributed by atoms with Crippen LogP contribution in [0.5, 0.6) is 0 Å². The normalized spacial score (nSPS) is 15.3. The van der Waals surface area contributed by atoms with Gasteiger partial charge in [0.05, 0.1) is 5.69 Å². The molecule has 83 valence electrons. The molecule has 0 aromatic carbocycles. The van der Waals surface area contributed by atoms with E-state index in [0.717, 1.165) is 6.54 Å². The van der Waals surface area contributed by atoms with Crippen molar-refractivity contribution >= 4 is 0 Å². The Hall–Kier alpha value is -0.790. The first-order valence-electron chi connectivity index (χ1n) is 6.37. The number of aryl methyl sites for hydroxylation is 2. The van der Waals surface area contributed by atoms with Crippen molar-refractivity contribution in [3.63, 3.8) is 0 Å². The summed E-state index contributed by atoms with van der Waals surface area (Å²) in [5.41, 5.74) is 2.79. The number of hydrogen-bond acceptors (Lipinski definition) is 1. The Morgan fingerprint density at radius 3 is 2.93 bits per heavy atom. The average Bonchev–Trinajstić information content (AvgIpc) is 2.68. The number of nitrogens with zero attached hydrogens (tertiary/aromatic N) is 2. The van der Waals surface area contributed by atoms with Crippen molar-refractivity contribution in [1.82, 2.24) is 9.55 Å². The van der Waals surface area contributed by atoms with Gasteiger partial charge in [0.1, 0.15) is 0 Å². The molecule has 2 nitrogen and oxygen atoms in total. The van der Waals surface area contributed by atoms with Gasteiger partial charge in [-0.25, -0.2) is 4.98 Å². The van der Waals surface area contributed by atoms with Crippen LogP contribution in [-0.2, 0) is 19.4 Å². The molecule has 0 N–H and O–H groups in total. The largest absolute Gasteiger partial charge is 0.325 e. The van der Waals surface area contributed by atoms with Gasteiger partial charge in [-0.1, -0.05) is 26.2 Å². The molecule has 0 aliphatic heterocycles. The topological polar surface area (TPSA) is 17.8 Å². The Morgan fingerprint density at radius 2 is 2.07 bits per heavy atom. The average molecular weight is 205 g/mol. The van der Waals surface area contributed by atoms with Crippen molar-refractivity contribution in [1.29, 1.82) is 0 Å². The number of unbranched alkanes of at least 4 members (excludes halogenated alkanes) is 3. The second-order valence-corrected chi connectivity index (χ2v) is 4.52. The molecule has 15 heavy (non-hydrogen) atoms. The van der Waals surface area contributed by atoms with E-state index in [0.29, 0.717) is 0 Å². The molecule has 0 saturated carbocycles. The SMILES string of the molecule is CCCCCCn1[c]nc2c1CCCC2. The van der Waals surface area contributed by atoms with Gasteiger partial charge < -0.3 is 4.57 Å². The molecule has 2 rings (SSSR count). The maximum atomic E-state index is 4.39. The second kappa shape index (κ2) is 5.34. The van der Waals surface area contributed by atoms with Crippen LogP contribution < -0.4 is 0 Å². The summed E-state index contributed by atoms with van der Waals surface area (Å²) in [5, 5.41) is 0. The summed E-state index contributed by atoms with van der Waals surface area (Å²) in [5.74, 6) is 0. The van der Waals surface area contributed by atoms with Gasteiger partial charge in [-0.05, 0) is 32.1 Å². The Kier molecular flexibility index (Phi) is 3.81. The van der Waals surface area contributed by atoms with Gasteiger partial charge in [-0.15, -0.1) is 0 Å². The highest BCUT2D eigenvalue weighted by atomic mass is 15.1. The summed E-state index contributed by atoms with van der Waals surface area (Å²) in [6.45, 7) is 3.38. The van der Waals surface area contributed by atoms with Gasteiger partial charge >= 0.3 is 0 Å². The van der Waals surface area contributed by atoms with Crippen LogP contribution in [0.2, 0.25) is 0 Å². The quantitative estimate of drug-likeness (QED) is 0.675. The third kappa shape index (κ3) is 2.61. The minimum Gasteiger partial charge on any atom is -0.325 e. The second-order valence-electron chi connectivity index (χ2n) is 4.52. The highest BCUT2D eigenvalue weighted by Crippen LogP contribution is 2.19. The Labute approximate surface area is 92.7 Å². The van der Waals surface area contributed by atoms with E-state index in [9.17, 15) is 0 Å². The van der Waals surface area contributed by atoms with Gasteiger partial charge in [0.25, 0.3) is 0 Å². The molecule has 1 aliphatic carbocycles.